The number of hydrogen-bond donors (Lipinski definition) is 0. The molecule has 0 aliphatic carbocycles. The molecule has 1 rings (SSSR count). The van der Waals surface area contributed by atoms with E-state index in [1.807, 2.05) is 0 Å². The summed E-state index contributed by atoms with van der Waals surface area (Å²) in [5, 5.41) is 0. The van der Waals surface area contributed by atoms with Gasteiger partial charge in [0.25, 0.3) is 0 Å². The molecule has 0 aromatic heterocycles. The zero-order valence-corrected chi connectivity index (χ0v) is 13.3. The molecule has 3 nitrogen and oxygen atoms in total. The predicted octanol–water partition coefficient (Wildman–Crippen LogP) is 4.42. The summed E-state index contributed by atoms with van der Waals surface area (Å²) in [7, 11) is 1.34. The SMILES string of the molecule is CN(C(=O)OC(C)(C)C)C(Cc1ccccc1)CC(F)(F)F. The molecule has 1 amide bonds. The Morgan fingerprint density at radius 3 is 2.18 bits per heavy atom. The lowest BCUT2D eigenvalue weighted by Crippen LogP contribution is -2.43. The number of carbonyl (C=O) groups excluding carboxylic acids is 1. The smallest absolute Gasteiger partial charge is 0.410 e. The largest absolute Gasteiger partial charge is 0.444 e. The number of carbonyl (C=O) groups is 1. The van der Waals surface area contributed by atoms with Crippen LogP contribution < -0.4 is 0 Å². The van der Waals surface area contributed by atoms with Crippen molar-refractivity contribution >= 4 is 6.09 Å². The number of amides is 1. The Morgan fingerprint density at radius 1 is 1.18 bits per heavy atom. The van der Waals surface area contributed by atoms with Crippen molar-refractivity contribution in [2.75, 3.05) is 7.05 Å². The van der Waals surface area contributed by atoms with Crippen LogP contribution in [0.25, 0.3) is 0 Å². The summed E-state index contributed by atoms with van der Waals surface area (Å²) in [6, 6.07) is 7.79. The van der Waals surface area contributed by atoms with Crippen molar-refractivity contribution in [3.63, 3.8) is 0 Å². The molecule has 1 aromatic carbocycles. The van der Waals surface area contributed by atoms with Crippen LogP contribution in [0.2, 0.25) is 0 Å². The summed E-state index contributed by atoms with van der Waals surface area (Å²) >= 11 is 0. The molecule has 0 aliphatic heterocycles. The lowest BCUT2D eigenvalue weighted by molar-refractivity contribution is -0.145. The molecule has 1 atom stereocenters. The molecule has 6 heteroatoms. The highest BCUT2D eigenvalue weighted by atomic mass is 19.4. The van der Waals surface area contributed by atoms with Crippen molar-refractivity contribution in [2.24, 2.45) is 0 Å². The zero-order chi connectivity index (χ0) is 17.0. The third-order valence-electron chi connectivity index (χ3n) is 3.01. The summed E-state index contributed by atoms with van der Waals surface area (Å²) < 4.78 is 43.5. The minimum atomic E-state index is -4.35. The average Bonchev–Trinajstić information content (AvgIpc) is 2.34. The number of likely N-dealkylation sites (N-methyl/N-ethyl adjacent to an activating group) is 1. The van der Waals surface area contributed by atoms with Crippen molar-refractivity contribution in [1.29, 1.82) is 0 Å². The van der Waals surface area contributed by atoms with Gasteiger partial charge in [0.15, 0.2) is 0 Å². The van der Waals surface area contributed by atoms with Crippen LogP contribution in [-0.4, -0.2) is 35.9 Å². The van der Waals surface area contributed by atoms with E-state index in [-0.39, 0.29) is 6.42 Å². The number of benzene rings is 1. The summed E-state index contributed by atoms with van der Waals surface area (Å²) in [5.74, 6) is 0. The Bertz CT molecular complexity index is 480. The highest BCUT2D eigenvalue weighted by Crippen LogP contribution is 2.26. The fourth-order valence-corrected chi connectivity index (χ4v) is 1.98. The van der Waals surface area contributed by atoms with E-state index in [2.05, 4.69) is 0 Å². The first-order chi connectivity index (χ1) is 9.98. The third-order valence-corrected chi connectivity index (χ3v) is 3.01. The molecule has 0 radical (unpaired) electrons. The summed E-state index contributed by atoms with van der Waals surface area (Å²) in [6.45, 7) is 5.03. The van der Waals surface area contributed by atoms with E-state index < -0.39 is 30.3 Å². The lowest BCUT2D eigenvalue weighted by Gasteiger charge is -2.31. The molecular formula is C16H22F3NO2. The number of rotatable bonds is 4. The summed E-state index contributed by atoms with van der Waals surface area (Å²) in [4.78, 5) is 13.0. The van der Waals surface area contributed by atoms with Crippen LogP contribution in [0, 0.1) is 0 Å². The number of alkyl halides is 3. The van der Waals surface area contributed by atoms with Gasteiger partial charge in [-0.15, -0.1) is 0 Å². The second kappa shape index (κ2) is 7.03. The first-order valence-electron chi connectivity index (χ1n) is 7.04. The van der Waals surface area contributed by atoms with Crippen LogP contribution >= 0.6 is 0 Å². The Labute approximate surface area is 129 Å². The van der Waals surface area contributed by atoms with Crippen molar-refractivity contribution in [1.82, 2.24) is 4.90 Å². The van der Waals surface area contributed by atoms with Gasteiger partial charge in [-0.2, -0.15) is 13.2 Å². The van der Waals surface area contributed by atoms with Crippen LogP contribution in [0.5, 0.6) is 0 Å². The summed E-state index contributed by atoms with van der Waals surface area (Å²) in [6.07, 6.45) is -6.05. The van der Waals surface area contributed by atoms with Gasteiger partial charge in [-0.1, -0.05) is 30.3 Å². The molecule has 22 heavy (non-hydrogen) atoms. The van der Waals surface area contributed by atoms with Gasteiger partial charge in [0.1, 0.15) is 5.60 Å². The first kappa shape index (κ1) is 18.3. The maximum absolute atomic E-state index is 12.8. The van der Waals surface area contributed by atoms with Crippen LogP contribution in [0.4, 0.5) is 18.0 Å². The van der Waals surface area contributed by atoms with Crippen molar-refractivity contribution < 1.29 is 22.7 Å². The number of nitrogens with zero attached hydrogens (tertiary/aromatic N) is 1. The highest BCUT2D eigenvalue weighted by molar-refractivity contribution is 5.68. The molecule has 0 fully saturated rings. The highest BCUT2D eigenvalue weighted by Gasteiger charge is 2.36. The molecule has 1 unspecified atom stereocenters. The van der Waals surface area contributed by atoms with E-state index in [1.54, 1.807) is 51.1 Å². The minimum Gasteiger partial charge on any atom is -0.444 e. The van der Waals surface area contributed by atoms with E-state index in [0.29, 0.717) is 0 Å². The second-order valence-electron chi connectivity index (χ2n) is 6.25. The van der Waals surface area contributed by atoms with Gasteiger partial charge >= 0.3 is 12.3 Å². The van der Waals surface area contributed by atoms with Gasteiger partial charge in [-0.25, -0.2) is 4.79 Å². The molecule has 0 N–H and O–H groups in total. The van der Waals surface area contributed by atoms with Crippen molar-refractivity contribution in [3.8, 4) is 0 Å². The molecule has 0 heterocycles. The first-order valence-corrected chi connectivity index (χ1v) is 7.04. The third kappa shape index (κ3) is 6.83. The van der Waals surface area contributed by atoms with Crippen molar-refractivity contribution in [2.45, 2.75) is 51.4 Å². The number of halogens is 3. The molecule has 0 saturated heterocycles. The Balaban J connectivity index is 2.87. The standard InChI is InChI=1S/C16H22F3NO2/c1-15(2,3)22-14(21)20(4)13(11-16(17,18)19)10-12-8-6-5-7-9-12/h5-9,13H,10-11H2,1-4H3. The second-order valence-corrected chi connectivity index (χ2v) is 6.25. The minimum absolute atomic E-state index is 0.121. The zero-order valence-electron chi connectivity index (χ0n) is 13.3. The van der Waals surface area contributed by atoms with Gasteiger partial charge in [0, 0.05) is 13.1 Å². The maximum atomic E-state index is 12.8. The topological polar surface area (TPSA) is 29.5 Å². The lowest BCUT2D eigenvalue weighted by atomic mass is 10.0. The molecule has 0 bridgehead atoms. The molecule has 0 aliphatic rings. The van der Waals surface area contributed by atoms with Gasteiger partial charge in [0.2, 0.25) is 0 Å². The van der Waals surface area contributed by atoms with E-state index in [0.717, 1.165) is 10.5 Å². The molecule has 124 valence electrons. The van der Waals surface area contributed by atoms with E-state index >= 15 is 0 Å². The van der Waals surface area contributed by atoms with Crippen LogP contribution in [0.15, 0.2) is 30.3 Å². The predicted molar refractivity (Wildman–Crippen MR) is 78.6 cm³/mol. The monoisotopic (exact) mass is 317 g/mol. The molecule has 1 aromatic rings. The Hall–Kier alpha value is -1.72. The van der Waals surface area contributed by atoms with E-state index in [4.69, 9.17) is 4.74 Å². The quantitative estimate of drug-likeness (QED) is 0.823. The van der Waals surface area contributed by atoms with E-state index in [1.165, 1.54) is 7.05 Å². The number of hydrogen-bond acceptors (Lipinski definition) is 2. The fraction of sp³-hybridized carbons (Fsp3) is 0.562. The molecule has 0 saturated carbocycles. The van der Waals surface area contributed by atoms with Crippen molar-refractivity contribution in [3.05, 3.63) is 35.9 Å². The normalized spacial score (nSPS) is 13.6. The molecule has 0 spiro atoms. The van der Waals surface area contributed by atoms with Crippen LogP contribution in [0.3, 0.4) is 0 Å². The summed E-state index contributed by atoms with van der Waals surface area (Å²) in [5.41, 5.74) is -0.00639. The van der Waals surface area contributed by atoms with Gasteiger partial charge in [-0.05, 0) is 32.8 Å². The van der Waals surface area contributed by atoms with Gasteiger partial charge in [-0.3, -0.25) is 0 Å². The fourth-order valence-electron chi connectivity index (χ4n) is 1.98. The average molecular weight is 317 g/mol. The number of ether oxygens (including phenoxy) is 1. The van der Waals surface area contributed by atoms with Gasteiger partial charge in [0.05, 0.1) is 6.42 Å². The Morgan fingerprint density at radius 2 is 1.73 bits per heavy atom. The van der Waals surface area contributed by atoms with Crippen LogP contribution in [0.1, 0.15) is 32.8 Å². The Kier molecular flexibility index (Phi) is 5.85. The maximum Gasteiger partial charge on any atom is 0.410 e. The van der Waals surface area contributed by atoms with Crippen LogP contribution in [-0.2, 0) is 11.2 Å². The van der Waals surface area contributed by atoms with Gasteiger partial charge < -0.3 is 9.64 Å². The van der Waals surface area contributed by atoms with E-state index in [9.17, 15) is 18.0 Å². The molecular weight excluding hydrogens is 295 g/mol.